The zero-order valence-electron chi connectivity index (χ0n) is 5.44. The van der Waals surface area contributed by atoms with E-state index in [9.17, 15) is 4.39 Å². The summed E-state index contributed by atoms with van der Waals surface area (Å²) in [6.45, 7) is 0. The lowest BCUT2D eigenvalue weighted by molar-refractivity contribution is 0.637. The highest BCUT2D eigenvalue weighted by Gasteiger charge is 2.02. The van der Waals surface area contributed by atoms with Gasteiger partial charge in [-0.05, 0) is 6.07 Å². The maximum Gasteiger partial charge on any atom is 0.166 e. The van der Waals surface area contributed by atoms with Crippen LogP contribution in [0.4, 0.5) is 4.39 Å². The summed E-state index contributed by atoms with van der Waals surface area (Å²) in [5.74, 6) is -0.350. The van der Waals surface area contributed by atoms with E-state index in [1.165, 1.54) is 12.4 Å². The minimum atomic E-state index is -0.350. The maximum atomic E-state index is 12.7. The monoisotopic (exact) mass is 170 g/mol. The number of hydrogen-bond acceptors (Lipinski definition) is 1. The molecule has 11 heavy (non-hydrogen) atoms. The van der Waals surface area contributed by atoms with E-state index in [1.807, 2.05) is 0 Å². The summed E-state index contributed by atoms with van der Waals surface area (Å²) in [6.07, 6.45) is 2.68. The lowest BCUT2D eigenvalue weighted by Gasteiger charge is -1.88. The summed E-state index contributed by atoms with van der Waals surface area (Å²) in [6, 6.07) is 1.63. The van der Waals surface area contributed by atoms with Crippen molar-refractivity contribution in [3.63, 3.8) is 0 Å². The molecule has 2 aromatic rings. The van der Waals surface area contributed by atoms with E-state index >= 15 is 0 Å². The van der Waals surface area contributed by atoms with Gasteiger partial charge in [-0.3, -0.25) is 0 Å². The van der Waals surface area contributed by atoms with Gasteiger partial charge in [-0.15, -0.1) is 0 Å². The van der Waals surface area contributed by atoms with E-state index < -0.39 is 0 Å². The fraction of sp³-hybridized carbons (Fsp3) is 0. The van der Waals surface area contributed by atoms with Crippen molar-refractivity contribution in [2.75, 3.05) is 0 Å². The summed E-state index contributed by atoms with van der Waals surface area (Å²) >= 11 is 5.62. The Hall–Kier alpha value is -1.09. The van der Waals surface area contributed by atoms with E-state index in [2.05, 4.69) is 9.97 Å². The predicted octanol–water partition coefficient (Wildman–Crippen LogP) is 2.36. The molecule has 0 unspecified atom stereocenters. The summed E-state index contributed by atoms with van der Waals surface area (Å²) < 4.78 is 12.7. The number of rotatable bonds is 0. The third-order valence-corrected chi connectivity index (χ3v) is 1.64. The molecule has 0 saturated heterocycles. The van der Waals surface area contributed by atoms with Crippen LogP contribution in [0.1, 0.15) is 0 Å². The first kappa shape index (κ1) is 6.61. The zero-order chi connectivity index (χ0) is 7.84. The molecule has 0 atom stereocenters. The van der Waals surface area contributed by atoms with Gasteiger partial charge in [-0.2, -0.15) is 0 Å². The molecule has 0 aromatic carbocycles. The zero-order valence-corrected chi connectivity index (χ0v) is 6.19. The Morgan fingerprint density at radius 1 is 1.55 bits per heavy atom. The molecule has 0 aliphatic rings. The molecule has 0 aliphatic carbocycles. The molecule has 2 nitrogen and oxygen atoms in total. The predicted molar refractivity (Wildman–Crippen MR) is 41.1 cm³/mol. The largest absolute Gasteiger partial charge is 0.357 e. The van der Waals surface area contributed by atoms with Gasteiger partial charge in [0.25, 0.3) is 0 Å². The molecule has 2 aromatic heterocycles. The van der Waals surface area contributed by atoms with E-state index in [0.717, 1.165) is 0 Å². The van der Waals surface area contributed by atoms with Crippen LogP contribution in [0, 0.1) is 5.82 Å². The number of nitrogens with zero attached hydrogens (tertiary/aromatic N) is 1. The number of pyridine rings is 1. The summed E-state index contributed by atoms with van der Waals surface area (Å²) in [4.78, 5) is 6.51. The second-order valence-corrected chi connectivity index (χ2v) is 2.62. The van der Waals surface area contributed by atoms with Crippen molar-refractivity contribution in [3.05, 3.63) is 29.3 Å². The van der Waals surface area contributed by atoms with Crippen molar-refractivity contribution in [1.29, 1.82) is 0 Å². The molecule has 2 heterocycles. The van der Waals surface area contributed by atoms with Gasteiger partial charge in [-0.25, -0.2) is 9.37 Å². The Morgan fingerprint density at radius 3 is 3.18 bits per heavy atom. The summed E-state index contributed by atoms with van der Waals surface area (Å²) in [7, 11) is 0. The Labute approximate surface area is 67.0 Å². The smallest absolute Gasteiger partial charge is 0.166 e. The van der Waals surface area contributed by atoms with Crippen LogP contribution < -0.4 is 0 Å². The van der Waals surface area contributed by atoms with E-state index in [-0.39, 0.29) is 5.82 Å². The third kappa shape index (κ3) is 0.973. The van der Waals surface area contributed by atoms with Gasteiger partial charge in [0.1, 0.15) is 5.52 Å². The van der Waals surface area contributed by atoms with Gasteiger partial charge in [0.05, 0.1) is 10.5 Å². The minimum Gasteiger partial charge on any atom is -0.357 e. The number of hydrogen-bond donors (Lipinski definition) is 1. The van der Waals surface area contributed by atoms with Gasteiger partial charge in [0.2, 0.25) is 0 Å². The quantitative estimate of drug-likeness (QED) is 0.646. The number of aromatic amines is 1. The molecule has 0 amide bonds. The molecular formula is C7H4ClFN2. The van der Waals surface area contributed by atoms with Gasteiger partial charge in [0.15, 0.2) is 5.82 Å². The Morgan fingerprint density at radius 2 is 2.36 bits per heavy atom. The first-order valence-electron chi connectivity index (χ1n) is 3.05. The minimum absolute atomic E-state index is 0.328. The summed E-state index contributed by atoms with van der Waals surface area (Å²) in [5.41, 5.74) is 0.949. The van der Waals surface area contributed by atoms with Crippen molar-refractivity contribution in [1.82, 2.24) is 9.97 Å². The number of fused-ring (bicyclic) bond motifs is 1. The average molecular weight is 171 g/mol. The van der Waals surface area contributed by atoms with Crippen LogP contribution in [0.3, 0.4) is 0 Å². The van der Waals surface area contributed by atoms with Crippen LogP contribution in [-0.2, 0) is 0 Å². The first-order valence-corrected chi connectivity index (χ1v) is 3.43. The molecule has 2 rings (SSSR count). The number of H-pyrrole nitrogens is 1. The first-order chi connectivity index (χ1) is 5.27. The molecule has 1 N–H and O–H groups in total. The highest BCUT2D eigenvalue weighted by Crippen LogP contribution is 2.17. The number of halogens is 2. The molecule has 56 valence electrons. The van der Waals surface area contributed by atoms with Gasteiger partial charge in [-0.1, -0.05) is 11.6 Å². The van der Waals surface area contributed by atoms with Crippen LogP contribution in [0.2, 0.25) is 5.02 Å². The lowest BCUT2D eigenvalue weighted by Crippen LogP contribution is -1.75. The third-order valence-electron chi connectivity index (χ3n) is 1.43. The normalized spacial score (nSPS) is 10.7. The fourth-order valence-corrected chi connectivity index (χ4v) is 1.11. The second kappa shape index (κ2) is 2.20. The van der Waals surface area contributed by atoms with E-state index in [4.69, 9.17) is 11.6 Å². The second-order valence-electron chi connectivity index (χ2n) is 2.19. The van der Waals surface area contributed by atoms with Crippen molar-refractivity contribution >= 4 is 22.6 Å². The fourth-order valence-electron chi connectivity index (χ4n) is 0.949. The highest BCUT2D eigenvalue weighted by molar-refractivity contribution is 6.31. The van der Waals surface area contributed by atoms with Gasteiger partial charge in [0, 0.05) is 12.4 Å². The van der Waals surface area contributed by atoms with E-state index in [0.29, 0.717) is 16.1 Å². The maximum absolute atomic E-state index is 12.7. The molecule has 4 heteroatoms. The van der Waals surface area contributed by atoms with Crippen LogP contribution in [0.25, 0.3) is 11.0 Å². The van der Waals surface area contributed by atoms with Gasteiger partial charge >= 0.3 is 0 Å². The molecule has 0 aliphatic heterocycles. The molecular weight excluding hydrogens is 167 g/mol. The number of aromatic nitrogens is 2. The Kier molecular flexibility index (Phi) is 1.32. The van der Waals surface area contributed by atoms with Crippen molar-refractivity contribution < 1.29 is 4.39 Å². The molecule has 0 spiro atoms. The van der Waals surface area contributed by atoms with Crippen LogP contribution in [-0.4, -0.2) is 9.97 Å². The molecule has 0 saturated carbocycles. The van der Waals surface area contributed by atoms with Crippen molar-refractivity contribution in [2.45, 2.75) is 0 Å². The molecule has 0 fully saturated rings. The number of nitrogens with one attached hydrogen (secondary N) is 1. The van der Waals surface area contributed by atoms with Gasteiger partial charge < -0.3 is 4.98 Å². The Bertz CT molecular complexity index is 396. The molecule has 0 radical (unpaired) electrons. The molecule has 0 bridgehead atoms. The van der Waals surface area contributed by atoms with E-state index in [1.54, 1.807) is 6.07 Å². The van der Waals surface area contributed by atoms with Crippen molar-refractivity contribution in [3.8, 4) is 0 Å². The average Bonchev–Trinajstić information content (AvgIpc) is 2.32. The highest BCUT2D eigenvalue weighted by atomic mass is 35.5. The SMILES string of the molecule is Fc1c[nH]c2cc(Cl)cnc12. The standard InChI is InChI=1S/C7H4ClFN2/c8-4-1-6-7(11-2-4)5(9)3-10-6/h1-3,10H. The Balaban J connectivity index is 2.86. The summed E-state index contributed by atoms with van der Waals surface area (Å²) in [5, 5.41) is 0.499. The topological polar surface area (TPSA) is 28.7 Å². The lowest BCUT2D eigenvalue weighted by atomic mass is 10.4. The van der Waals surface area contributed by atoms with Crippen LogP contribution in [0.15, 0.2) is 18.5 Å². The van der Waals surface area contributed by atoms with Crippen LogP contribution in [0.5, 0.6) is 0 Å². The van der Waals surface area contributed by atoms with Crippen molar-refractivity contribution in [2.24, 2.45) is 0 Å². The van der Waals surface area contributed by atoms with Crippen LogP contribution >= 0.6 is 11.6 Å².